The van der Waals surface area contributed by atoms with E-state index in [4.69, 9.17) is 22.3 Å². The molecule has 0 aliphatic rings. The van der Waals surface area contributed by atoms with Gasteiger partial charge in [0.2, 0.25) is 0 Å². The van der Waals surface area contributed by atoms with Gasteiger partial charge in [-0.3, -0.25) is 4.57 Å². The molecule has 0 aliphatic carbocycles. The highest BCUT2D eigenvalue weighted by Gasteiger charge is 2.10. The molecular weight excluding hydrogens is 332 g/mol. The van der Waals surface area contributed by atoms with E-state index in [-0.39, 0.29) is 6.04 Å². The predicted molar refractivity (Wildman–Crippen MR) is 102 cm³/mol. The number of aromatic nitrogens is 3. The molecule has 0 spiro atoms. The van der Waals surface area contributed by atoms with E-state index in [1.54, 1.807) is 6.33 Å². The van der Waals surface area contributed by atoms with Crippen LogP contribution in [-0.2, 0) is 0 Å². The zero-order chi connectivity index (χ0) is 17.4. The van der Waals surface area contributed by atoms with Crippen molar-refractivity contribution in [1.82, 2.24) is 14.5 Å². The molecule has 0 fully saturated rings. The van der Waals surface area contributed by atoms with Gasteiger partial charge in [-0.1, -0.05) is 41.9 Å². The van der Waals surface area contributed by atoms with Crippen molar-refractivity contribution in [2.75, 3.05) is 0 Å². The van der Waals surface area contributed by atoms with Crippen molar-refractivity contribution in [2.45, 2.75) is 13.0 Å². The summed E-state index contributed by atoms with van der Waals surface area (Å²) in [5, 5.41) is 0.684. The SMILES string of the molecule is C[C@@H](N)c1ccc2c(c1)ncn2-c1cccc(-c2ccccc2Cl)n1. The van der Waals surface area contributed by atoms with Crippen LogP contribution in [0, 0.1) is 0 Å². The summed E-state index contributed by atoms with van der Waals surface area (Å²) in [5.41, 5.74) is 10.7. The Balaban J connectivity index is 1.82. The summed E-state index contributed by atoms with van der Waals surface area (Å²) in [6.07, 6.45) is 1.79. The molecule has 0 amide bonds. The van der Waals surface area contributed by atoms with Crippen LogP contribution >= 0.6 is 11.6 Å². The lowest BCUT2D eigenvalue weighted by Crippen LogP contribution is -2.04. The summed E-state index contributed by atoms with van der Waals surface area (Å²) in [4.78, 5) is 9.27. The topological polar surface area (TPSA) is 56.7 Å². The average molecular weight is 349 g/mol. The Labute approximate surface area is 150 Å². The summed E-state index contributed by atoms with van der Waals surface area (Å²) in [5.74, 6) is 0.800. The van der Waals surface area contributed by atoms with E-state index < -0.39 is 0 Å². The Kier molecular flexibility index (Phi) is 3.99. The van der Waals surface area contributed by atoms with Crippen LogP contribution in [-0.4, -0.2) is 14.5 Å². The van der Waals surface area contributed by atoms with Crippen LogP contribution in [0.25, 0.3) is 28.1 Å². The first-order chi connectivity index (χ1) is 12.1. The Morgan fingerprint density at radius 2 is 1.88 bits per heavy atom. The second-order valence-electron chi connectivity index (χ2n) is 6.01. The zero-order valence-corrected chi connectivity index (χ0v) is 14.5. The van der Waals surface area contributed by atoms with Crippen LogP contribution in [0.1, 0.15) is 18.5 Å². The highest BCUT2D eigenvalue weighted by Crippen LogP contribution is 2.27. The summed E-state index contributed by atoms with van der Waals surface area (Å²) >= 11 is 6.31. The van der Waals surface area contributed by atoms with Crippen molar-refractivity contribution < 1.29 is 0 Å². The van der Waals surface area contributed by atoms with Gasteiger partial charge in [-0.2, -0.15) is 0 Å². The maximum Gasteiger partial charge on any atom is 0.139 e. The van der Waals surface area contributed by atoms with Gasteiger partial charge in [0.15, 0.2) is 0 Å². The smallest absolute Gasteiger partial charge is 0.139 e. The number of pyridine rings is 1. The van der Waals surface area contributed by atoms with Gasteiger partial charge in [0.1, 0.15) is 12.1 Å². The molecule has 0 aliphatic heterocycles. The quantitative estimate of drug-likeness (QED) is 0.580. The van der Waals surface area contributed by atoms with E-state index in [1.807, 2.05) is 72.2 Å². The van der Waals surface area contributed by atoms with Gasteiger partial charge in [0, 0.05) is 16.6 Å². The minimum atomic E-state index is -0.0174. The Morgan fingerprint density at radius 1 is 1.04 bits per heavy atom. The average Bonchev–Trinajstić information content (AvgIpc) is 3.05. The van der Waals surface area contributed by atoms with Crippen LogP contribution in [0.3, 0.4) is 0 Å². The second kappa shape index (κ2) is 6.31. The molecule has 124 valence electrons. The summed E-state index contributed by atoms with van der Waals surface area (Å²) < 4.78 is 1.97. The number of rotatable bonds is 3. The fourth-order valence-electron chi connectivity index (χ4n) is 2.87. The molecule has 5 heteroatoms. The first kappa shape index (κ1) is 15.8. The van der Waals surface area contributed by atoms with E-state index in [0.29, 0.717) is 5.02 Å². The van der Waals surface area contributed by atoms with Crippen molar-refractivity contribution in [3.05, 3.63) is 77.6 Å². The third kappa shape index (κ3) is 2.90. The van der Waals surface area contributed by atoms with Gasteiger partial charge < -0.3 is 5.73 Å². The first-order valence-electron chi connectivity index (χ1n) is 8.08. The number of hydrogen-bond acceptors (Lipinski definition) is 3. The standard InChI is InChI=1S/C20H17ClN4/c1-13(22)14-9-10-19-18(11-14)23-12-25(19)20-8-4-7-17(24-20)15-5-2-3-6-16(15)21/h2-13H,22H2,1H3/t13-/m1/s1. The van der Waals surface area contributed by atoms with Crippen molar-refractivity contribution in [2.24, 2.45) is 5.73 Å². The monoisotopic (exact) mass is 348 g/mol. The lowest BCUT2D eigenvalue weighted by Gasteiger charge is -2.09. The molecule has 2 heterocycles. The highest BCUT2D eigenvalue weighted by atomic mass is 35.5. The minimum absolute atomic E-state index is 0.0174. The molecule has 2 aromatic carbocycles. The Hall–Kier alpha value is -2.69. The van der Waals surface area contributed by atoms with Gasteiger partial charge in [-0.25, -0.2) is 9.97 Å². The molecule has 0 unspecified atom stereocenters. The molecule has 0 saturated carbocycles. The van der Waals surface area contributed by atoms with E-state index >= 15 is 0 Å². The zero-order valence-electron chi connectivity index (χ0n) is 13.7. The summed E-state index contributed by atoms with van der Waals surface area (Å²) in [6, 6.07) is 19.7. The highest BCUT2D eigenvalue weighted by molar-refractivity contribution is 6.33. The van der Waals surface area contributed by atoms with E-state index in [1.165, 1.54) is 0 Å². The Bertz CT molecular complexity index is 1050. The molecule has 0 saturated heterocycles. The predicted octanol–water partition coefficient (Wildman–Crippen LogP) is 4.76. The van der Waals surface area contributed by atoms with E-state index in [0.717, 1.165) is 33.7 Å². The van der Waals surface area contributed by atoms with Gasteiger partial charge in [0.25, 0.3) is 0 Å². The number of halogens is 1. The van der Waals surface area contributed by atoms with Crippen LogP contribution in [0.15, 0.2) is 67.0 Å². The van der Waals surface area contributed by atoms with Crippen molar-refractivity contribution in [1.29, 1.82) is 0 Å². The van der Waals surface area contributed by atoms with Crippen molar-refractivity contribution >= 4 is 22.6 Å². The maximum atomic E-state index is 6.31. The molecule has 4 aromatic rings. The Morgan fingerprint density at radius 3 is 2.68 bits per heavy atom. The first-order valence-corrected chi connectivity index (χ1v) is 8.46. The third-order valence-electron chi connectivity index (χ3n) is 4.23. The number of nitrogens with two attached hydrogens (primary N) is 1. The van der Waals surface area contributed by atoms with Crippen LogP contribution in [0.2, 0.25) is 5.02 Å². The van der Waals surface area contributed by atoms with Gasteiger partial charge >= 0.3 is 0 Å². The second-order valence-corrected chi connectivity index (χ2v) is 6.42. The molecule has 4 nitrogen and oxygen atoms in total. The number of imidazole rings is 1. The summed E-state index contributed by atoms with van der Waals surface area (Å²) in [6.45, 7) is 1.97. The van der Waals surface area contributed by atoms with E-state index in [9.17, 15) is 0 Å². The normalized spacial score (nSPS) is 12.4. The largest absolute Gasteiger partial charge is 0.324 e. The number of hydrogen-bond donors (Lipinski definition) is 1. The molecule has 0 radical (unpaired) electrons. The van der Waals surface area contributed by atoms with Gasteiger partial charge in [0.05, 0.1) is 16.7 Å². The maximum absolute atomic E-state index is 6.31. The third-order valence-corrected chi connectivity index (χ3v) is 4.56. The molecule has 4 rings (SSSR count). The van der Waals surface area contributed by atoms with Crippen LogP contribution in [0.5, 0.6) is 0 Å². The molecular formula is C20H17ClN4. The minimum Gasteiger partial charge on any atom is -0.324 e. The molecule has 1 atom stereocenters. The van der Waals surface area contributed by atoms with Crippen molar-refractivity contribution in [3.63, 3.8) is 0 Å². The summed E-state index contributed by atoms with van der Waals surface area (Å²) in [7, 11) is 0. The number of fused-ring (bicyclic) bond motifs is 1. The lowest BCUT2D eigenvalue weighted by molar-refractivity contribution is 0.819. The molecule has 2 N–H and O–H groups in total. The van der Waals surface area contributed by atoms with Gasteiger partial charge in [-0.15, -0.1) is 0 Å². The van der Waals surface area contributed by atoms with E-state index in [2.05, 4.69) is 4.98 Å². The van der Waals surface area contributed by atoms with Crippen LogP contribution < -0.4 is 5.73 Å². The number of nitrogens with zero attached hydrogens (tertiary/aromatic N) is 3. The van der Waals surface area contributed by atoms with Crippen molar-refractivity contribution in [3.8, 4) is 17.1 Å². The lowest BCUT2D eigenvalue weighted by atomic mass is 10.1. The van der Waals surface area contributed by atoms with Crippen LogP contribution in [0.4, 0.5) is 0 Å². The molecule has 25 heavy (non-hydrogen) atoms. The molecule has 0 bridgehead atoms. The fourth-order valence-corrected chi connectivity index (χ4v) is 3.10. The fraction of sp³-hybridized carbons (Fsp3) is 0.100. The molecule has 2 aromatic heterocycles. The number of benzene rings is 2. The van der Waals surface area contributed by atoms with Gasteiger partial charge in [-0.05, 0) is 42.8 Å².